The third kappa shape index (κ3) is 5.93. The average Bonchev–Trinajstić information content (AvgIpc) is 2.53. The van der Waals surface area contributed by atoms with Gasteiger partial charge in [0.2, 0.25) is 0 Å². The minimum atomic E-state index is -0.746. The van der Waals surface area contributed by atoms with Crippen molar-refractivity contribution in [1.82, 2.24) is 5.32 Å². The van der Waals surface area contributed by atoms with Crippen LogP contribution in [-0.2, 0) is 25.7 Å². The van der Waals surface area contributed by atoms with Gasteiger partial charge in [0.1, 0.15) is 12.6 Å². The van der Waals surface area contributed by atoms with Gasteiger partial charge in [-0.05, 0) is 5.56 Å². The molecule has 0 aliphatic carbocycles. The molecular formula is C15H21NO5. The van der Waals surface area contributed by atoms with Crippen molar-refractivity contribution >= 4 is 11.9 Å². The zero-order valence-electron chi connectivity index (χ0n) is 12.2. The monoisotopic (exact) mass is 295 g/mol. The fourth-order valence-electron chi connectivity index (χ4n) is 1.73. The normalized spacial score (nSPS) is 13.3. The first-order valence-electron chi connectivity index (χ1n) is 6.70. The number of carbonyl (C=O) groups excluding carboxylic acids is 2. The van der Waals surface area contributed by atoms with Crippen LogP contribution in [0.4, 0.5) is 0 Å². The highest BCUT2D eigenvalue weighted by molar-refractivity contribution is 5.78. The number of hydrogen-bond donors (Lipinski definition) is 2. The summed E-state index contributed by atoms with van der Waals surface area (Å²) in [5, 5.41) is 11.9. The van der Waals surface area contributed by atoms with Crippen molar-refractivity contribution in [3.05, 3.63) is 35.9 Å². The van der Waals surface area contributed by atoms with E-state index in [4.69, 9.17) is 9.84 Å². The molecule has 0 heterocycles. The average molecular weight is 295 g/mol. The van der Waals surface area contributed by atoms with Gasteiger partial charge in [0.15, 0.2) is 0 Å². The molecular weight excluding hydrogens is 274 g/mol. The highest BCUT2D eigenvalue weighted by atomic mass is 16.5. The van der Waals surface area contributed by atoms with E-state index in [1.165, 1.54) is 7.11 Å². The number of esters is 2. The van der Waals surface area contributed by atoms with Gasteiger partial charge in [-0.2, -0.15) is 0 Å². The number of aliphatic hydroxyl groups excluding tert-OH is 1. The van der Waals surface area contributed by atoms with E-state index in [1.54, 1.807) is 6.92 Å². The van der Waals surface area contributed by atoms with Gasteiger partial charge >= 0.3 is 11.9 Å². The first-order valence-corrected chi connectivity index (χ1v) is 6.70. The summed E-state index contributed by atoms with van der Waals surface area (Å²) in [6, 6.07) is 8.56. The molecule has 0 fully saturated rings. The molecule has 116 valence electrons. The van der Waals surface area contributed by atoms with Crippen LogP contribution in [0.15, 0.2) is 30.3 Å². The zero-order chi connectivity index (χ0) is 15.7. The summed E-state index contributed by atoms with van der Waals surface area (Å²) in [6.07, 6.45) is 0. The predicted octanol–water partition coefficient (Wildman–Crippen LogP) is 0.489. The largest absolute Gasteiger partial charge is 0.468 e. The molecule has 1 rings (SSSR count). The van der Waals surface area contributed by atoms with Crippen LogP contribution in [0.1, 0.15) is 12.5 Å². The Morgan fingerprint density at radius 3 is 2.52 bits per heavy atom. The van der Waals surface area contributed by atoms with Crippen molar-refractivity contribution in [3.8, 4) is 0 Å². The number of benzene rings is 1. The first kappa shape index (κ1) is 17.1. The molecule has 6 heteroatoms. The maximum atomic E-state index is 11.6. The maximum Gasteiger partial charge on any atom is 0.323 e. The van der Waals surface area contributed by atoms with Crippen LogP contribution >= 0.6 is 0 Å². The van der Waals surface area contributed by atoms with Gasteiger partial charge in [-0.1, -0.05) is 37.3 Å². The standard InChI is InChI=1S/C15H21NO5/c1-11(9-17)14(15(19)20-2)16-8-13(18)21-10-12-6-4-3-5-7-12/h3-7,11,14,16-17H,8-10H2,1-2H3/t11-,14-/m0/s1. The summed E-state index contributed by atoms with van der Waals surface area (Å²) < 4.78 is 9.72. The summed E-state index contributed by atoms with van der Waals surface area (Å²) in [6.45, 7) is 1.55. The third-order valence-electron chi connectivity index (χ3n) is 3.02. The van der Waals surface area contributed by atoms with Crippen LogP contribution in [0.3, 0.4) is 0 Å². The van der Waals surface area contributed by atoms with Gasteiger partial charge in [-0.25, -0.2) is 0 Å². The Morgan fingerprint density at radius 1 is 1.29 bits per heavy atom. The van der Waals surface area contributed by atoms with Gasteiger partial charge in [0.25, 0.3) is 0 Å². The Balaban J connectivity index is 2.41. The predicted molar refractivity (Wildman–Crippen MR) is 76.3 cm³/mol. The molecule has 2 atom stereocenters. The fraction of sp³-hybridized carbons (Fsp3) is 0.467. The second-order valence-corrected chi connectivity index (χ2v) is 4.69. The summed E-state index contributed by atoms with van der Waals surface area (Å²) in [5.74, 6) is -1.36. The van der Waals surface area contributed by atoms with Gasteiger partial charge in [-0.3, -0.25) is 14.9 Å². The lowest BCUT2D eigenvalue weighted by Gasteiger charge is -2.20. The molecule has 0 aliphatic rings. The van der Waals surface area contributed by atoms with E-state index in [2.05, 4.69) is 10.1 Å². The number of aliphatic hydroxyl groups is 1. The van der Waals surface area contributed by atoms with Crippen LogP contribution in [0, 0.1) is 5.92 Å². The van der Waals surface area contributed by atoms with Crippen molar-refractivity contribution < 1.29 is 24.2 Å². The molecule has 2 N–H and O–H groups in total. The van der Waals surface area contributed by atoms with Crippen LogP contribution in [0.25, 0.3) is 0 Å². The number of carbonyl (C=O) groups is 2. The molecule has 0 saturated heterocycles. The highest BCUT2D eigenvalue weighted by Crippen LogP contribution is 2.04. The highest BCUT2D eigenvalue weighted by Gasteiger charge is 2.25. The van der Waals surface area contributed by atoms with E-state index < -0.39 is 18.0 Å². The van der Waals surface area contributed by atoms with Gasteiger partial charge in [0.05, 0.1) is 13.7 Å². The zero-order valence-corrected chi connectivity index (χ0v) is 12.2. The van der Waals surface area contributed by atoms with E-state index >= 15 is 0 Å². The van der Waals surface area contributed by atoms with Crippen molar-refractivity contribution in [1.29, 1.82) is 0 Å². The molecule has 0 spiro atoms. The Bertz CT molecular complexity index is 449. The Kier molecular flexibility index (Phi) is 7.42. The summed E-state index contributed by atoms with van der Waals surface area (Å²) in [7, 11) is 1.26. The molecule has 0 radical (unpaired) electrons. The molecule has 1 aromatic rings. The summed E-state index contributed by atoms with van der Waals surface area (Å²) in [4.78, 5) is 23.2. The lowest BCUT2D eigenvalue weighted by Crippen LogP contribution is -2.46. The molecule has 0 unspecified atom stereocenters. The summed E-state index contributed by atoms with van der Waals surface area (Å²) >= 11 is 0. The molecule has 1 aromatic carbocycles. The maximum absolute atomic E-state index is 11.6. The number of methoxy groups -OCH3 is 1. The second kappa shape index (κ2) is 9.10. The Labute approximate surface area is 124 Å². The van der Waals surface area contributed by atoms with Gasteiger partial charge in [-0.15, -0.1) is 0 Å². The molecule has 0 aromatic heterocycles. The van der Waals surface area contributed by atoms with E-state index in [-0.39, 0.29) is 25.7 Å². The number of ether oxygens (including phenoxy) is 2. The third-order valence-corrected chi connectivity index (χ3v) is 3.02. The van der Waals surface area contributed by atoms with E-state index in [9.17, 15) is 9.59 Å². The van der Waals surface area contributed by atoms with Gasteiger partial charge in [0, 0.05) is 12.5 Å². The lowest BCUT2D eigenvalue weighted by atomic mass is 10.0. The van der Waals surface area contributed by atoms with Crippen LogP contribution < -0.4 is 5.32 Å². The van der Waals surface area contributed by atoms with Crippen LogP contribution in [0.2, 0.25) is 0 Å². The van der Waals surface area contributed by atoms with Crippen molar-refractivity contribution in [2.45, 2.75) is 19.6 Å². The smallest absolute Gasteiger partial charge is 0.323 e. The number of hydrogen-bond acceptors (Lipinski definition) is 6. The number of nitrogens with one attached hydrogen (secondary N) is 1. The van der Waals surface area contributed by atoms with Crippen molar-refractivity contribution in [2.75, 3.05) is 20.3 Å². The molecule has 0 amide bonds. The Morgan fingerprint density at radius 2 is 1.95 bits per heavy atom. The first-order chi connectivity index (χ1) is 10.1. The quantitative estimate of drug-likeness (QED) is 0.679. The molecule has 0 bridgehead atoms. The molecule has 6 nitrogen and oxygen atoms in total. The topological polar surface area (TPSA) is 84.9 Å². The minimum Gasteiger partial charge on any atom is -0.468 e. The van der Waals surface area contributed by atoms with Crippen LogP contribution in [-0.4, -0.2) is 43.3 Å². The Hall–Kier alpha value is -1.92. The molecule has 0 saturated carbocycles. The lowest BCUT2D eigenvalue weighted by molar-refractivity contribution is -0.147. The van der Waals surface area contributed by atoms with E-state index in [0.717, 1.165) is 5.56 Å². The van der Waals surface area contributed by atoms with Crippen LogP contribution in [0.5, 0.6) is 0 Å². The van der Waals surface area contributed by atoms with E-state index in [0.29, 0.717) is 0 Å². The molecule has 0 aliphatic heterocycles. The fourth-order valence-corrected chi connectivity index (χ4v) is 1.73. The van der Waals surface area contributed by atoms with Crippen molar-refractivity contribution in [2.24, 2.45) is 5.92 Å². The molecule has 21 heavy (non-hydrogen) atoms. The minimum absolute atomic E-state index is 0.128. The SMILES string of the molecule is COC(=O)[C@@H](NCC(=O)OCc1ccccc1)[C@@H](C)CO. The number of rotatable bonds is 8. The summed E-state index contributed by atoms with van der Waals surface area (Å²) in [5.41, 5.74) is 0.888. The van der Waals surface area contributed by atoms with Crippen molar-refractivity contribution in [3.63, 3.8) is 0 Å². The van der Waals surface area contributed by atoms with Gasteiger partial charge < -0.3 is 14.6 Å². The second-order valence-electron chi connectivity index (χ2n) is 4.69. The van der Waals surface area contributed by atoms with E-state index in [1.807, 2.05) is 30.3 Å².